The molecule has 4 nitrogen and oxygen atoms in total. The standard InChI is InChI=1S/C8H11ClN2O2/c1-3-8(2,7(12)13)11-5-6(9)4-10-11/h4-5H,3H2,1-2H3,(H,12,13). The molecule has 0 radical (unpaired) electrons. The molecule has 0 aromatic carbocycles. The highest BCUT2D eigenvalue weighted by Crippen LogP contribution is 2.21. The number of aromatic nitrogens is 2. The fraction of sp³-hybridized carbons (Fsp3) is 0.500. The lowest BCUT2D eigenvalue weighted by Gasteiger charge is -2.23. The van der Waals surface area contributed by atoms with Crippen molar-refractivity contribution in [2.24, 2.45) is 0 Å². The zero-order chi connectivity index (χ0) is 10.1. The lowest BCUT2D eigenvalue weighted by Crippen LogP contribution is -2.38. The van der Waals surface area contributed by atoms with Gasteiger partial charge in [-0.05, 0) is 13.3 Å². The molecule has 0 aliphatic rings. The molecule has 0 aliphatic heterocycles. The maximum atomic E-state index is 11.0. The van der Waals surface area contributed by atoms with Crippen LogP contribution in [0.4, 0.5) is 0 Å². The van der Waals surface area contributed by atoms with E-state index in [1.165, 1.54) is 17.1 Å². The molecule has 0 bridgehead atoms. The van der Waals surface area contributed by atoms with E-state index in [9.17, 15) is 4.79 Å². The van der Waals surface area contributed by atoms with Crippen molar-refractivity contribution in [1.82, 2.24) is 9.78 Å². The molecular weight excluding hydrogens is 192 g/mol. The van der Waals surface area contributed by atoms with Crippen molar-refractivity contribution in [3.8, 4) is 0 Å². The third-order valence-corrected chi connectivity index (χ3v) is 2.40. The Labute approximate surface area is 81.1 Å². The first-order valence-electron chi connectivity index (χ1n) is 3.94. The van der Waals surface area contributed by atoms with E-state index in [0.717, 1.165) is 0 Å². The minimum Gasteiger partial charge on any atom is -0.479 e. The largest absolute Gasteiger partial charge is 0.479 e. The summed E-state index contributed by atoms with van der Waals surface area (Å²) >= 11 is 5.65. The molecule has 1 N–H and O–H groups in total. The van der Waals surface area contributed by atoms with Crippen LogP contribution in [-0.4, -0.2) is 20.9 Å². The van der Waals surface area contributed by atoms with Crippen LogP contribution in [0.3, 0.4) is 0 Å². The molecule has 1 heterocycles. The summed E-state index contributed by atoms with van der Waals surface area (Å²) in [6, 6.07) is 0. The van der Waals surface area contributed by atoms with Gasteiger partial charge < -0.3 is 5.11 Å². The van der Waals surface area contributed by atoms with E-state index in [1.807, 2.05) is 0 Å². The highest BCUT2D eigenvalue weighted by atomic mass is 35.5. The Morgan fingerprint density at radius 2 is 2.46 bits per heavy atom. The summed E-state index contributed by atoms with van der Waals surface area (Å²) in [5.74, 6) is -0.908. The topological polar surface area (TPSA) is 55.1 Å². The van der Waals surface area contributed by atoms with Crippen LogP contribution >= 0.6 is 11.6 Å². The van der Waals surface area contributed by atoms with Gasteiger partial charge in [-0.3, -0.25) is 4.68 Å². The van der Waals surface area contributed by atoms with E-state index >= 15 is 0 Å². The van der Waals surface area contributed by atoms with Crippen LogP contribution in [0.2, 0.25) is 5.02 Å². The number of rotatable bonds is 3. The number of halogens is 1. The Balaban J connectivity index is 3.09. The van der Waals surface area contributed by atoms with Gasteiger partial charge in [0.05, 0.1) is 11.2 Å². The molecule has 1 rings (SSSR count). The van der Waals surface area contributed by atoms with Crippen LogP contribution in [0.1, 0.15) is 20.3 Å². The third-order valence-electron chi connectivity index (χ3n) is 2.21. The molecule has 1 aromatic rings. The van der Waals surface area contributed by atoms with E-state index in [1.54, 1.807) is 13.8 Å². The van der Waals surface area contributed by atoms with Gasteiger partial charge >= 0.3 is 5.97 Å². The molecule has 0 fully saturated rings. The van der Waals surface area contributed by atoms with Gasteiger partial charge in [-0.1, -0.05) is 18.5 Å². The van der Waals surface area contributed by atoms with Gasteiger partial charge in [-0.15, -0.1) is 0 Å². The summed E-state index contributed by atoms with van der Waals surface area (Å²) in [6.07, 6.45) is 3.40. The Hall–Kier alpha value is -1.03. The summed E-state index contributed by atoms with van der Waals surface area (Å²) in [6.45, 7) is 3.41. The number of nitrogens with zero attached hydrogens (tertiary/aromatic N) is 2. The summed E-state index contributed by atoms with van der Waals surface area (Å²) < 4.78 is 1.37. The van der Waals surface area contributed by atoms with Crippen LogP contribution in [0, 0.1) is 0 Å². The van der Waals surface area contributed by atoms with E-state index < -0.39 is 11.5 Å². The minimum atomic E-state index is -1.01. The zero-order valence-electron chi connectivity index (χ0n) is 7.49. The minimum absolute atomic E-state index is 0.445. The second-order valence-electron chi connectivity index (χ2n) is 3.04. The molecule has 0 spiro atoms. The van der Waals surface area contributed by atoms with Crippen LogP contribution < -0.4 is 0 Å². The number of aliphatic carboxylic acids is 1. The van der Waals surface area contributed by atoms with E-state index in [2.05, 4.69) is 5.10 Å². The van der Waals surface area contributed by atoms with E-state index in [4.69, 9.17) is 16.7 Å². The lowest BCUT2D eigenvalue weighted by molar-refractivity contribution is -0.147. The molecule has 72 valence electrons. The Morgan fingerprint density at radius 1 is 1.85 bits per heavy atom. The van der Waals surface area contributed by atoms with Crippen molar-refractivity contribution < 1.29 is 9.90 Å². The van der Waals surface area contributed by atoms with Crippen molar-refractivity contribution in [3.05, 3.63) is 17.4 Å². The fourth-order valence-electron chi connectivity index (χ4n) is 0.982. The summed E-state index contributed by atoms with van der Waals surface area (Å²) in [5, 5.41) is 13.3. The number of carboxylic acids is 1. The first-order valence-corrected chi connectivity index (χ1v) is 4.32. The predicted octanol–water partition coefficient (Wildman–Crippen LogP) is 1.75. The molecule has 1 unspecified atom stereocenters. The quantitative estimate of drug-likeness (QED) is 0.813. The molecule has 1 aromatic heterocycles. The highest BCUT2D eigenvalue weighted by Gasteiger charge is 2.33. The number of carboxylic acid groups (broad SMARTS) is 1. The average Bonchev–Trinajstić information content (AvgIpc) is 2.50. The summed E-state index contributed by atoms with van der Waals surface area (Å²) in [7, 11) is 0. The maximum Gasteiger partial charge on any atom is 0.331 e. The molecule has 5 heteroatoms. The van der Waals surface area contributed by atoms with Gasteiger partial charge in [-0.2, -0.15) is 5.10 Å². The highest BCUT2D eigenvalue weighted by molar-refractivity contribution is 6.30. The van der Waals surface area contributed by atoms with Gasteiger partial charge in [-0.25, -0.2) is 4.79 Å². The normalized spacial score (nSPS) is 15.3. The molecule has 0 saturated carbocycles. The zero-order valence-corrected chi connectivity index (χ0v) is 8.25. The van der Waals surface area contributed by atoms with Gasteiger partial charge in [0.2, 0.25) is 0 Å². The van der Waals surface area contributed by atoms with Crippen LogP contribution in [0.25, 0.3) is 0 Å². The Morgan fingerprint density at radius 3 is 2.77 bits per heavy atom. The molecular formula is C8H11ClN2O2. The first-order chi connectivity index (χ1) is 6.00. The van der Waals surface area contributed by atoms with E-state index in [0.29, 0.717) is 11.4 Å². The SMILES string of the molecule is CCC(C)(C(=O)O)n1cc(Cl)cn1. The summed E-state index contributed by atoms with van der Waals surface area (Å²) in [4.78, 5) is 11.0. The lowest BCUT2D eigenvalue weighted by atomic mass is 10.00. The molecule has 0 amide bonds. The fourth-order valence-corrected chi connectivity index (χ4v) is 1.12. The number of carbonyl (C=O) groups is 1. The van der Waals surface area contributed by atoms with Crippen LogP contribution in [-0.2, 0) is 10.3 Å². The summed E-state index contributed by atoms with van der Waals surface area (Å²) in [5.41, 5.74) is -1.01. The van der Waals surface area contributed by atoms with Crippen molar-refractivity contribution >= 4 is 17.6 Å². The van der Waals surface area contributed by atoms with Gasteiger partial charge in [0, 0.05) is 6.20 Å². The van der Waals surface area contributed by atoms with E-state index in [-0.39, 0.29) is 0 Å². The predicted molar refractivity (Wildman–Crippen MR) is 48.8 cm³/mol. The first kappa shape index (κ1) is 10.1. The monoisotopic (exact) mass is 202 g/mol. The second kappa shape index (κ2) is 3.38. The third kappa shape index (κ3) is 1.67. The van der Waals surface area contributed by atoms with Crippen molar-refractivity contribution in [2.45, 2.75) is 25.8 Å². The number of hydrogen-bond donors (Lipinski definition) is 1. The second-order valence-corrected chi connectivity index (χ2v) is 3.47. The van der Waals surface area contributed by atoms with Gasteiger partial charge in [0.1, 0.15) is 0 Å². The number of hydrogen-bond acceptors (Lipinski definition) is 2. The molecule has 0 saturated heterocycles. The van der Waals surface area contributed by atoms with Crippen LogP contribution in [0.5, 0.6) is 0 Å². The molecule has 13 heavy (non-hydrogen) atoms. The van der Waals surface area contributed by atoms with Gasteiger partial charge in [0.15, 0.2) is 5.54 Å². The van der Waals surface area contributed by atoms with Gasteiger partial charge in [0.25, 0.3) is 0 Å². The smallest absolute Gasteiger partial charge is 0.331 e. The average molecular weight is 203 g/mol. The molecule has 0 aliphatic carbocycles. The van der Waals surface area contributed by atoms with Crippen molar-refractivity contribution in [1.29, 1.82) is 0 Å². The molecule has 1 atom stereocenters. The van der Waals surface area contributed by atoms with Crippen molar-refractivity contribution in [2.75, 3.05) is 0 Å². The van der Waals surface area contributed by atoms with Crippen LogP contribution in [0.15, 0.2) is 12.4 Å². The maximum absolute atomic E-state index is 11.0. The van der Waals surface area contributed by atoms with Crippen molar-refractivity contribution in [3.63, 3.8) is 0 Å². The Kier molecular flexibility index (Phi) is 2.61. The Bertz CT molecular complexity index is 324.